The minimum absolute atomic E-state index is 0.510. The van der Waals surface area contributed by atoms with Gasteiger partial charge in [0.25, 0.3) is 0 Å². The van der Waals surface area contributed by atoms with Crippen molar-refractivity contribution in [3.8, 4) is 5.75 Å². The molecule has 0 spiro atoms. The molecule has 0 bridgehead atoms. The highest BCUT2D eigenvalue weighted by atomic mass is 79.9. The molecule has 1 heterocycles. The van der Waals surface area contributed by atoms with E-state index < -0.39 is 6.10 Å². The fourth-order valence-electron chi connectivity index (χ4n) is 1.64. The monoisotopic (exact) mass is 296 g/mol. The van der Waals surface area contributed by atoms with Gasteiger partial charge in [-0.05, 0) is 45.8 Å². The summed E-state index contributed by atoms with van der Waals surface area (Å²) in [6.45, 7) is 0. The van der Waals surface area contributed by atoms with Crippen LogP contribution in [0.5, 0.6) is 5.75 Å². The molecule has 0 radical (unpaired) electrons. The first-order valence-electron chi connectivity index (χ1n) is 5.24. The number of halogens is 1. The number of rotatable bonds is 4. The molecule has 0 fully saturated rings. The number of methoxy groups -OCH3 is 1. The molecule has 0 saturated heterocycles. The van der Waals surface area contributed by atoms with Gasteiger partial charge in [0.15, 0.2) is 0 Å². The lowest BCUT2D eigenvalue weighted by Crippen LogP contribution is -2.00. The summed E-state index contributed by atoms with van der Waals surface area (Å²) in [6, 6.07) is 9.26. The lowest BCUT2D eigenvalue weighted by Gasteiger charge is -2.09. The number of ether oxygens (including phenoxy) is 1. The molecule has 0 amide bonds. The molecule has 0 aliphatic heterocycles. The number of aliphatic hydroxyl groups is 1. The van der Waals surface area contributed by atoms with E-state index in [0.29, 0.717) is 12.2 Å². The molecule has 90 valence electrons. The van der Waals surface area contributed by atoms with Crippen LogP contribution in [0.2, 0.25) is 0 Å². The maximum absolute atomic E-state index is 9.94. The lowest BCUT2D eigenvalue weighted by atomic mass is 10.1. The van der Waals surface area contributed by atoms with Gasteiger partial charge in [-0.15, -0.1) is 0 Å². The van der Waals surface area contributed by atoms with Gasteiger partial charge in [-0.2, -0.15) is 0 Å². The highest BCUT2D eigenvalue weighted by Crippen LogP contribution is 2.27. The van der Waals surface area contributed by atoms with E-state index in [1.165, 1.54) is 0 Å². The topological polar surface area (TPSA) is 42.6 Å². The van der Waals surface area contributed by atoms with Crippen molar-refractivity contribution in [2.45, 2.75) is 12.5 Å². The second-order valence-corrected chi connectivity index (χ2v) is 4.56. The van der Waals surface area contributed by atoms with Crippen molar-refractivity contribution < 1.29 is 14.3 Å². The van der Waals surface area contributed by atoms with E-state index in [1.54, 1.807) is 25.5 Å². The van der Waals surface area contributed by atoms with Crippen molar-refractivity contribution >= 4 is 15.9 Å². The lowest BCUT2D eigenvalue weighted by molar-refractivity contribution is 0.150. The van der Waals surface area contributed by atoms with Crippen molar-refractivity contribution in [2.75, 3.05) is 7.11 Å². The number of furan rings is 1. The Hall–Kier alpha value is -1.26. The Morgan fingerprint density at radius 1 is 1.41 bits per heavy atom. The molecule has 1 aromatic carbocycles. The first-order chi connectivity index (χ1) is 8.20. The van der Waals surface area contributed by atoms with Crippen LogP contribution in [0.4, 0.5) is 0 Å². The molecular weight excluding hydrogens is 284 g/mol. The summed E-state index contributed by atoms with van der Waals surface area (Å²) in [4.78, 5) is 0. The van der Waals surface area contributed by atoms with E-state index in [4.69, 9.17) is 9.15 Å². The maximum Gasteiger partial charge on any atom is 0.133 e. The molecule has 4 heteroatoms. The summed E-state index contributed by atoms with van der Waals surface area (Å²) in [5.41, 5.74) is 1.02. The largest absolute Gasteiger partial charge is 0.496 e. The molecule has 1 N–H and O–H groups in total. The van der Waals surface area contributed by atoms with E-state index in [1.807, 2.05) is 18.2 Å². The zero-order valence-electron chi connectivity index (χ0n) is 9.39. The number of hydrogen-bond donors (Lipinski definition) is 1. The zero-order valence-corrected chi connectivity index (χ0v) is 11.0. The van der Waals surface area contributed by atoms with Crippen LogP contribution in [0.25, 0.3) is 0 Å². The van der Waals surface area contributed by atoms with Crippen LogP contribution >= 0.6 is 15.9 Å². The van der Waals surface area contributed by atoms with E-state index in [9.17, 15) is 5.11 Å². The Labute approximate surface area is 108 Å². The number of aliphatic hydroxyl groups excluding tert-OH is 1. The Morgan fingerprint density at radius 2 is 2.24 bits per heavy atom. The summed E-state index contributed by atoms with van der Waals surface area (Å²) in [5.74, 6) is 1.36. The molecule has 0 aliphatic rings. The predicted molar refractivity (Wildman–Crippen MR) is 68.1 cm³/mol. The van der Waals surface area contributed by atoms with Crippen molar-refractivity contribution in [3.05, 3.63) is 52.4 Å². The van der Waals surface area contributed by atoms with Gasteiger partial charge < -0.3 is 14.3 Å². The summed E-state index contributed by atoms with van der Waals surface area (Å²) in [6.07, 6.45) is 1.45. The Morgan fingerprint density at radius 3 is 2.82 bits per heavy atom. The van der Waals surface area contributed by atoms with Crippen LogP contribution in [0, 0.1) is 0 Å². The van der Waals surface area contributed by atoms with Gasteiger partial charge in [0.2, 0.25) is 0 Å². The minimum atomic E-state index is -0.620. The van der Waals surface area contributed by atoms with E-state index in [-0.39, 0.29) is 0 Å². The summed E-state index contributed by atoms with van der Waals surface area (Å²) >= 11 is 3.42. The van der Waals surface area contributed by atoms with E-state index in [2.05, 4.69) is 15.9 Å². The molecule has 2 aromatic rings. The van der Waals surface area contributed by atoms with Crippen molar-refractivity contribution in [3.63, 3.8) is 0 Å². The van der Waals surface area contributed by atoms with Gasteiger partial charge in [-0.3, -0.25) is 0 Å². The SMILES string of the molecule is COc1ccc(CC(O)c2ccco2)cc1Br. The standard InChI is InChI=1S/C13H13BrO3/c1-16-12-5-4-9(7-10(12)14)8-11(15)13-3-2-6-17-13/h2-7,11,15H,8H2,1H3. The third-order valence-electron chi connectivity index (χ3n) is 2.52. The van der Waals surface area contributed by atoms with Crippen LogP contribution in [0.1, 0.15) is 17.4 Å². The Kier molecular flexibility index (Phi) is 3.86. The van der Waals surface area contributed by atoms with Crippen molar-refractivity contribution in [1.29, 1.82) is 0 Å². The molecule has 1 atom stereocenters. The molecule has 0 aliphatic carbocycles. The summed E-state index contributed by atoms with van der Waals surface area (Å²) < 4.78 is 11.2. The minimum Gasteiger partial charge on any atom is -0.496 e. The van der Waals surface area contributed by atoms with Gasteiger partial charge >= 0.3 is 0 Å². The van der Waals surface area contributed by atoms with Crippen LogP contribution < -0.4 is 4.74 Å². The van der Waals surface area contributed by atoms with Crippen LogP contribution in [0.15, 0.2) is 45.5 Å². The average molecular weight is 297 g/mol. The summed E-state index contributed by atoms with van der Waals surface area (Å²) in [5, 5.41) is 9.94. The van der Waals surface area contributed by atoms with Gasteiger partial charge in [-0.1, -0.05) is 6.07 Å². The van der Waals surface area contributed by atoms with Crippen molar-refractivity contribution in [2.24, 2.45) is 0 Å². The average Bonchev–Trinajstić information content (AvgIpc) is 2.82. The second-order valence-electron chi connectivity index (χ2n) is 3.70. The van der Waals surface area contributed by atoms with Crippen LogP contribution in [-0.4, -0.2) is 12.2 Å². The third-order valence-corrected chi connectivity index (χ3v) is 3.14. The third kappa shape index (κ3) is 2.90. The van der Waals surface area contributed by atoms with Gasteiger partial charge in [-0.25, -0.2) is 0 Å². The van der Waals surface area contributed by atoms with Crippen LogP contribution in [0.3, 0.4) is 0 Å². The van der Waals surface area contributed by atoms with Gasteiger partial charge in [0, 0.05) is 6.42 Å². The summed E-state index contributed by atoms with van der Waals surface area (Å²) in [7, 11) is 1.62. The Balaban J connectivity index is 2.11. The number of benzene rings is 1. The highest BCUT2D eigenvalue weighted by Gasteiger charge is 2.12. The molecule has 1 unspecified atom stereocenters. The molecule has 17 heavy (non-hydrogen) atoms. The van der Waals surface area contributed by atoms with Gasteiger partial charge in [0.05, 0.1) is 17.8 Å². The maximum atomic E-state index is 9.94. The van der Waals surface area contributed by atoms with E-state index in [0.717, 1.165) is 15.8 Å². The molecule has 2 rings (SSSR count). The molecule has 3 nitrogen and oxygen atoms in total. The zero-order chi connectivity index (χ0) is 12.3. The normalized spacial score (nSPS) is 12.4. The highest BCUT2D eigenvalue weighted by molar-refractivity contribution is 9.10. The quantitative estimate of drug-likeness (QED) is 0.941. The first kappa shape index (κ1) is 12.2. The number of hydrogen-bond acceptors (Lipinski definition) is 3. The molecule has 0 saturated carbocycles. The van der Waals surface area contributed by atoms with E-state index >= 15 is 0 Å². The second kappa shape index (κ2) is 5.38. The first-order valence-corrected chi connectivity index (χ1v) is 6.04. The van der Waals surface area contributed by atoms with Crippen molar-refractivity contribution in [1.82, 2.24) is 0 Å². The fourth-order valence-corrected chi connectivity index (χ4v) is 2.23. The van der Waals surface area contributed by atoms with Gasteiger partial charge in [0.1, 0.15) is 17.6 Å². The predicted octanol–water partition coefficient (Wildman–Crippen LogP) is 3.33. The molecule has 1 aromatic heterocycles. The van der Waals surface area contributed by atoms with Crippen LogP contribution in [-0.2, 0) is 6.42 Å². The Bertz CT molecular complexity index is 479. The fraction of sp³-hybridized carbons (Fsp3) is 0.231. The smallest absolute Gasteiger partial charge is 0.133 e. The molecular formula is C13H13BrO3.